The van der Waals surface area contributed by atoms with Crippen molar-refractivity contribution >= 4 is 43.7 Å². The standard InChI is InChI=1S/C20H21N3O3S3/c1-2-3-14-4-6-16(7-5-14)29(25,26)23-10-8-17-18(12-23)28-20(21-17)22-19(24)15-9-11-27-13-15/h4-7,9,11,13H,2-3,8,10,12H2,1H3,(H,21,22,24). The fraction of sp³-hybridized carbons (Fsp3) is 0.300. The van der Waals surface area contributed by atoms with Crippen molar-refractivity contribution < 1.29 is 13.2 Å². The third-order valence-electron chi connectivity index (χ3n) is 4.80. The lowest BCUT2D eigenvalue weighted by Crippen LogP contribution is -2.35. The number of aryl methyl sites for hydroxylation is 1. The van der Waals surface area contributed by atoms with E-state index < -0.39 is 10.0 Å². The Morgan fingerprint density at radius 1 is 1.24 bits per heavy atom. The van der Waals surface area contributed by atoms with Crippen molar-refractivity contribution in [2.75, 3.05) is 11.9 Å². The lowest BCUT2D eigenvalue weighted by atomic mass is 10.1. The van der Waals surface area contributed by atoms with Crippen molar-refractivity contribution in [3.8, 4) is 0 Å². The molecule has 3 heterocycles. The fourth-order valence-electron chi connectivity index (χ4n) is 3.26. The summed E-state index contributed by atoms with van der Waals surface area (Å²) in [5, 5.41) is 6.95. The number of rotatable bonds is 6. The second kappa shape index (κ2) is 8.35. The minimum absolute atomic E-state index is 0.200. The van der Waals surface area contributed by atoms with E-state index in [-0.39, 0.29) is 12.5 Å². The number of hydrogen-bond acceptors (Lipinski definition) is 6. The van der Waals surface area contributed by atoms with Crippen LogP contribution in [0, 0.1) is 0 Å². The highest BCUT2D eigenvalue weighted by Crippen LogP contribution is 2.31. The number of thiophene rings is 1. The number of hydrogen-bond donors (Lipinski definition) is 1. The SMILES string of the molecule is CCCc1ccc(S(=O)(=O)N2CCc3nc(NC(=O)c4ccsc4)sc3C2)cc1. The number of carbonyl (C=O) groups excluding carboxylic acids is 1. The first-order chi connectivity index (χ1) is 14.0. The van der Waals surface area contributed by atoms with Crippen LogP contribution in [-0.4, -0.2) is 30.2 Å². The van der Waals surface area contributed by atoms with Crippen LogP contribution in [0.3, 0.4) is 0 Å². The largest absolute Gasteiger partial charge is 0.298 e. The molecule has 0 aliphatic carbocycles. The molecule has 1 aliphatic rings. The van der Waals surface area contributed by atoms with Crippen LogP contribution in [0.2, 0.25) is 0 Å². The topological polar surface area (TPSA) is 79.4 Å². The van der Waals surface area contributed by atoms with Gasteiger partial charge in [-0.1, -0.05) is 25.5 Å². The Labute approximate surface area is 178 Å². The van der Waals surface area contributed by atoms with Gasteiger partial charge in [0.1, 0.15) is 0 Å². The van der Waals surface area contributed by atoms with Gasteiger partial charge in [0.15, 0.2) is 5.13 Å². The zero-order valence-corrected chi connectivity index (χ0v) is 18.4. The van der Waals surface area contributed by atoms with Gasteiger partial charge in [0, 0.05) is 23.2 Å². The maximum absolute atomic E-state index is 13.0. The van der Waals surface area contributed by atoms with E-state index in [4.69, 9.17) is 0 Å². The Bertz CT molecular complexity index is 1100. The maximum Gasteiger partial charge on any atom is 0.258 e. The number of anilines is 1. The van der Waals surface area contributed by atoms with Crippen LogP contribution in [0.4, 0.5) is 5.13 Å². The molecule has 29 heavy (non-hydrogen) atoms. The molecule has 0 atom stereocenters. The van der Waals surface area contributed by atoms with E-state index in [0.717, 1.165) is 29.0 Å². The van der Waals surface area contributed by atoms with Crippen LogP contribution in [0.1, 0.15) is 39.8 Å². The number of nitrogens with one attached hydrogen (secondary N) is 1. The number of aromatic nitrogens is 1. The predicted octanol–water partition coefficient (Wildman–Crippen LogP) is 4.16. The zero-order chi connectivity index (χ0) is 20.4. The average Bonchev–Trinajstić information content (AvgIpc) is 3.37. The van der Waals surface area contributed by atoms with Gasteiger partial charge in [-0.15, -0.1) is 11.3 Å². The van der Waals surface area contributed by atoms with Gasteiger partial charge in [-0.05, 0) is 35.6 Å². The molecule has 0 radical (unpaired) electrons. The van der Waals surface area contributed by atoms with E-state index in [2.05, 4.69) is 17.2 Å². The summed E-state index contributed by atoms with van der Waals surface area (Å²) in [4.78, 5) is 17.9. The van der Waals surface area contributed by atoms with E-state index in [1.54, 1.807) is 23.6 Å². The van der Waals surface area contributed by atoms with E-state index >= 15 is 0 Å². The van der Waals surface area contributed by atoms with Gasteiger partial charge in [0.25, 0.3) is 5.91 Å². The second-order valence-corrected chi connectivity index (χ2v) is 10.6. The van der Waals surface area contributed by atoms with Crippen LogP contribution in [-0.2, 0) is 29.4 Å². The van der Waals surface area contributed by atoms with E-state index in [9.17, 15) is 13.2 Å². The molecule has 1 N–H and O–H groups in total. The van der Waals surface area contributed by atoms with Crippen LogP contribution in [0.15, 0.2) is 46.0 Å². The molecular formula is C20H21N3O3S3. The van der Waals surface area contributed by atoms with Crippen molar-refractivity contribution in [1.82, 2.24) is 9.29 Å². The molecule has 0 spiro atoms. The number of nitrogens with zero attached hydrogens (tertiary/aromatic N) is 2. The summed E-state index contributed by atoms with van der Waals surface area (Å²) in [6.07, 6.45) is 2.50. The number of sulfonamides is 1. The summed E-state index contributed by atoms with van der Waals surface area (Å²) in [5.41, 5.74) is 2.60. The predicted molar refractivity (Wildman–Crippen MR) is 116 cm³/mol. The summed E-state index contributed by atoms with van der Waals surface area (Å²) in [7, 11) is -3.56. The molecule has 2 aromatic heterocycles. The number of thiazole rings is 1. The summed E-state index contributed by atoms with van der Waals surface area (Å²) in [5.74, 6) is -0.200. The first kappa shape index (κ1) is 20.2. The molecule has 9 heteroatoms. The molecule has 152 valence electrons. The van der Waals surface area contributed by atoms with Gasteiger partial charge in [0.05, 0.1) is 22.7 Å². The van der Waals surface area contributed by atoms with Gasteiger partial charge < -0.3 is 0 Å². The Hall–Kier alpha value is -2.07. The highest BCUT2D eigenvalue weighted by atomic mass is 32.2. The highest BCUT2D eigenvalue weighted by molar-refractivity contribution is 7.89. The quantitative estimate of drug-likeness (QED) is 0.615. The molecule has 1 amide bonds. The molecule has 1 aliphatic heterocycles. The number of benzene rings is 1. The molecule has 0 unspecified atom stereocenters. The van der Waals surface area contributed by atoms with E-state index in [0.29, 0.717) is 28.6 Å². The first-order valence-corrected chi connectivity index (χ1v) is 12.6. The molecule has 0 saturated carbocycles. The minimum atomic E-state index is -3.56. The summed E-state index contributed by atoms with van der Waals surface area (Å²) >= 11 is 2.80. The monoisotopic (exact) mass is 447 g/mol. The molecule has 6 nitrogen and oxygen atoms in total. The van der Waals surface area contributed by atoms with E-state index in [1.165, 1.54) is 27.0 Å². The molecule has 1 aromatic carbocycles. The first-order valence-electron chi connectivity index (χ1n) is 9.38. The summed E-state index contributed by atoms with van der Waals surface area (Å²) in [6.45, 7) is 2.76. The van der Waals surface area contributed by atoms with Crippen LogP contribution < -0.4 is 5.32 Å². The third-order valence-corrected chi connectivity index (χ3v) is 8.34. The number of carbonyl (C=O) groups is 1. The van der Waals surface area contributed by atoms with Gasteiger partial charge >= 0.3 is 0 Å². The van der Waals surface area contributed by atoms with Crippen molar-refractivity contribution in [2.24, 2.45) is 0 Å². The van der Waals surface area contributed by atoms with Crippen molar-refractivity contribution in [3.63, 3.8) is 0 Å². The average molecular weight is 448 g/mol. The smallest absolute Gasteiger partial charge is 0.258 e. The van der Waals surface area contributed by atoms with Gasteiger partial charge in [-0.25, -0.2) is 13.4 Å². The van der Waals surface area contributed by atoms with Crippen molar-refractivity contribution in [2.45, 2.75) is 37.6 Å². The van der Waals surface area contributed by atoms with Gasteiger partial charge in [0.2, 0.25) is 10.0 Å². The molecule has 0 bridgehead atoms. The maximum atomic E-state index is 13.0. The normalized spacial score (nSPS) is 14.5. The lowest BCUT2D eigenvalue weighted by molar-refractivity contribution is 0.102. The Balaban J connectivity index is 1.49. The summed E-state index contributed by atoms with van der Waals surface area (Å²) < 4.78 is 27.6. The van der Waals surface area contributed by atoms with Crippen LogP contribution in [0.5, 0.6) is 0 Å². The van der Waals surface area contributed by atoms with Gasteiger partial charge in [-0.2, -0.15) is 15.6 Å². The Morgan fingerprint density at radius 3 is 2.72 bits per heavy atom. The van der Waals surface area contributed by atoms with Gasteiger partial charge in [-0.3, -0.25) is 10.1 Å². The number of amides is 1. The lowest BCUT2D eigenvalue weighted by Gasteiger charge is -2.25. The molecule has 0 fully saturated rings. The second-order valence-electron chi connectivity index (χ2n) is 6.84. The molecular weight excluding hydrogens is 426 g/mol. The van der Waals surface area contributed by atoms with Crippen molar-refractivity contribution in [1.29, 1.82) is 0 Å². The molecule has 3 aromatic rings. The fourth-order valence-corrected chi connectivity index (χ4v) is 6.40. The molecule has 0 saturated heterocycles. The minimum Gasteiger partial charge on any atom is -0.298 e. The number of fused-ring (bicyclic) bond motifs is 1. The van der Waals surface area contributed by atoms with Crippen LogP contribution in [0.25, 0.3) is 0 Å². The Morgan fingerprint density at radius 2 is 2.03 bits per heavy atom. The van der Waals surface area contributed by atoms with E-state index in [1.807, 2.05) is 17.5 Å². The van der Waals surface area contributed by atoms with Crippen molar-refractivity contribution in [3.05, 3.63) is 62.8 Å². The third kappa shape index (κ3) is 4.28. The zero-order valence-electron chi connectivity index (χ0n) is 15.9. The molecule has 4 rings (SSSR count). The summed E-state index contributed by atoms with van der Waals surface area (Å²) in [6, 6.07) is 8.91. The Kier molecular flexibility index (Phi) is 5.82. The highest BCUT2D eigenvalue weighted by Gasteiger charge is 2.30. The van der Waals surface area contributed by atoms with Crippen LogP contribution >= 0.6 is 22.7 Å².